The summed E-state index contributed by atoms with van der Waals surface area (Å²) in [5, 5.41) is 8.53. The lowest BCUT2D eigenvalue weighted by Gasteiger charge is -2.54. The second-order valence-corrected chi connectivity index (χ2v) is 6.75. The number of nitrogens with one attached hydrogen (secondary N) is 1. The highest BCUT2D eigenvalue weighted by Gasteiger charge is 2.56. The zero-order valence-corrected chi connectivity index (χ0v) is 13.7. The number of nitrogens with two attached hydrogens (primary N) is 1. The Labute approximate surface area is 135 Å². The minimum absolute atomic E-state index is 0.246. The first kappa shape index (κ1) is 14.7. The molecule has 124 valence electrons. The number of hydrogen-bond acceptors (Lipinski definition) is 6. The standard InChI is InChI=1S/C16H24N6O/c1-3-23-12-8-11(16(12)6-4-5-7-16)19-15-20-13(17)10-9-18-22(2)14(10)21-15/h9,11-12H,3-8H2,1-2H3,(H3,17,19,20,21)/t11-,12-/m1/s1. The van der Waals surface area contributed by atoms with Gasteiger partial charge in [-0.3, -0.25) is 4.68 Å². The molecule has 0 saturated heterocycles. The van der Waals surface area contributed by atoms with Gasteiger partial charge in [0, 0.05) is 25.1 Å². The van der Waals surface area contributed by atoms with Crippen LogP contribution in [0, 0.1) is 5.41 Å². The summed E-state index contributed by atoms with van der Waals surface area (Å²) in [5.74, 6) is 1.08. The largest absolute Gasteiger partial charge is 0.383 e. The van der Waals surface area contributed by atoms with Crippen LogP contribution in [0.15, 0.2) is 6.20 Å². The first-order valence-electron chi connectivity index (χ1n) is 8.47. The van der Waals surface area contributed by atoms with Gasteiger partial charge in [-0.25, -0.2) is 0 Å². The van der Waals surface area contributed by atoms with E-state index in [1.807, 2.05) is 7.05 Å². The summed E-state index contributed by atoms with van der Waals surface area (Å²) in [6.45, 7) is 2.85. The fourth-order valence-electron chi connectivity index (χ4n) is 4.35. The number of rotatable bonds is 4. The van der Waals surface area contributed by atoms with Crippen LogP contribution < -0.4 is 11.1 Å². The number of anilines is 2. The Morgan fingerprint density at radius 1 is 1.39 bits per heavy atom. The van der Waals surface area contributed by atoms with Gasteiger partial charge < -0.3 is 15.8 Å². The molecular weight excluding hydrogens is 292 g/mol. The number of aromatic nitrogens is 4. The van der Waals surface area contributed by atoms with E-state index in [1.54, 1.807) is 10.9 Å². The van der Waals surface area contributed by atoms with Crippen molar-refractivity contribution in [2.24, 2.45) is 12.5 Å². The van der Waals surface area contributed by atoms with Crippen LogP contribution in [-0.4, -0.2) is 38.5 Å². The first-order chi connectivity index (χ1) is 11.1. The Morgan fingerprint density at radius 2 is 2.17 bits per heavy atom. The van der Waals surface area contributed by atoms with Crippen molar-refractivity contribution in [3.8, 4) is 0 Å². The molecule has 0 radical (unpaired) electrons. The molecule has 2 aromatic rings. The van der Waals surface area contributed by atoms with E-state index >= 15 is 0 Å². The maximum atomic E-state index is 6.06. The maximum Gasteiger partial charge on any atom is 0.226 e. The summed E-state index contributed by atoms with van der Waals surface area (Å²) in [5.41, 5.74) is 7.07. The van der Waals surface area contributed by atoms with E-state index in [2.05, 4.69) is 27.3 Å². The smallest absolute Gasteiger partial charge is 0.226 e. The van der Waals surface area contributed by atoms with E-state index < -0.39 is 0 Å². The summed E-state index contributed by atoms with van der Waals surface area (Å²) in [6.07, 6.45) is 8.10. The molecule has 3 N–H and O–H groups in total. The van der Waals surface area contributed by atoms with E-state index in [0.29, 0.717) is 23.9 Å². The van der Waals surface area contributed by atoms with Crippen molar-refractivity contribution in [1.82, 2.24) is 19.7 Å². The molecule has 4 rings (SSSR count). The third kappa shape index (κ3) is 2.17. The van der Waals surface area contributed by atoms with Gasteiger partial charge in [0.15, 0.2) is 5.65 Å². The zero-order chi connectivity index (χ0) is 16.0. The van der Waals surface area contributed by atoms with Crippen molar-refractivity contribution >= 4 is 22.8 Å². The van der Waals surface area contributed by atoms with Gasteiger partial charge in [0.25, 0.3) is 0 Å². The highest BCUT2D eigenvalue weighted by atomic mass is 16.5. The van der Waals surface area contributed by atoms with Crippen LogP contribution in [-0.2, 0) is 11.8 Å². The van der Waals surface area contributed by atoms with Gasteiger partial charge in [-0.1, -0.05) is 12.8 Å². The predicted molar refractivity (Wildman–Crippen MR) is 89.1 cm³/mol. The van der Waals surface area contributed by atoms with Gasteiger partial charge in [0.1, 0.15) is 5.82 Å². The van der Waals surface area contributed by atoms with Gasteiger partial charge in [-0.2, -0.15) is 15.1 Å². The molecule has 0 aliphatic heterocycles. The zero-order valence-electron chi connectivity index (χ0n) is 13.7. The molecule has 2 saturated carbocycles. The first-order valence-corrected chi connectivity index (χ1v) is 8.47. The second-order valence-electron chi connectivity index (χ2n) is 6.75. The fraction of sp³-hybridized carbons (Fsp3) is 0.688. The van der Waals surface area contributed by atoms with Crippen LogP contribution in [0.1, 0.15) is 39.0 Å². The predicted octanol–water partition coefficient (Wildman–Crippen LogP) is 2.10. The third-order valence-electron chi connectivity index (χ3n) is 5.61. The summed E-state index contributed by atoms with van der Waals surface area (Å²) >= 11 is 0. The molecule has 2 heterocycles. The highest BCUT2D eigenvalue weighted by molar-refractivity contribution is 5.86. The minimum Gasteiger partial charge on any atom is -0.383 e. The SMILES string of the molecule is CCO[C@@H]1C[C@@H](Nc2nc(N)c3cnn(C)c3n2)C12CCCC2. The molecule has 7 nitrogen and oxygen atoms in total. The Hall–Kier alpha value is -1.89. The molecule has 0 unspecified atom stereocenters. The number of hydrogen-bond donors (Lipinski definition) is 2. The number of nitrogen functional groups attached to an aromatic ring is 1. The van der Waals surface area contributed by atoms with Crippen molar-refractivity contribution in [2.45, 2.75) is 51.2 Å². The lowest BCUT2D eigenvalue weighted by molar-refractivity contribution is -0.114. The van der Waals surface area contributed by atoms with Crippen LogP contribution in [0.25, 0.3) is 11.0 Å². The molecule has 0 aromatic carbocycles. The molecule has 2 aromatic heterocycles. The summed E-state index contributed by atoms with van der Waals surface area (Å²) in [7, 11) is 1.87. The van der Waals surface area contributed by atoms with Gasteiger partial charge in [-0.15, -0.1) is 0 Å². The van der Waals surface area contributed by atoms with Crippen molar-refractivity contribution < 1.29 is 4.74 Å². The van der Waals surface area contributed by atoms with Crippen LogP contribution >= 0.6 is 0 Å². The quantitative estimate of drug-likeness (QED) is 0.897. The maximum absolute atomic E-state index is 6.06. The monoisotopic (exact) mass is 316 g/mol. The molecule has 23 heavy (non-hydrogen) atoms. The van der Waals surface area contributed by atoms with E-state index in [1.165, 1.54) is 25.7 Å². The molecule has 1 spiro atoms. The van der Waals surface area contributed by atoms with Crippen LogP contribution in [0.2, 0.25) is 0 Å². The summed E-state index contributed by atoms with van der Waals surface area (Å²) in [6, 6.07) is 0.367. The van der Waals surface area contributed by atoms with E-state index in [9.17, 15) is 0 Å². The van der Waals surface area contributed by atoms with Crippen LogP contribution in [0.4, 0.5) is 11.8 Å². The Balaban J connectivity index is 1.59. The molecular formula is C16H24N6O. The fourth-order valence-corrected chi connectivity index (χ4v) is 4.35. The van der Waals surface area contributed by atoms with Gasteiger partial charge >= 0.3 is 0 Å². The average molecular weight is 316 g/mol. The lowest BCUT2D eigenvalue weighted by Crippen LogP contribution is -2.60. The molecule has 7 heteroatoms. The number of fused-ring (bicyclic) bond motifs is 1. The van der Waals surface area contributed by atoms with Gasteiger partial charge in [0.05, 0.1) is 17.7 Å². The number of aryl methyl sites for hydroxylation is 1. The normalized spacial score (nSPS) is 25.8. The van der Waals surface area contributed by atoms with Crippen molar-refractivity contribution in [1.29, 1.82) is 0 Å². The molecule has 2 aliphatic carbocycles. The topological polar surface area (TPSA) is 90.9 Å². The van der Waals surface area contributed by atoms with E-state index in [-0.39, 0.29) is 5.41 Å². The third-order valence-corrected chi connectivity index (χ3v) is 5.61. The van der Waals surface area contributed by atoms with Crippen molar-refractivity contribution in [3.05, 3.63) is 6.20 Å². The van der Waals surface area contributed by atoms with E-state index in [0.717, 1.165) is 24.1 Å². The van der Waals surface area contributed by atoms with Crippen LogP contribution in [0.3, 0.4) is 0 Å². The van der Waals surface area contributed by atoms with E-state index in [4.69, 9.17) is 10.5 Å². The number of ether oxygens (including phenoxy) is 1. The Kier molecular flexibility index (Phi) is 3.41. The Morgan fingerprint density at radius 3 is 2.91 bits per heavy atom. The van der Waals surface area contributed by atoms with Crippen LogP contribution in [0.5, 0.6) is 0 Å². The minimum atomic E-state index is 0.246. The molecule has 2 atom stereocenters. The molecule has 2 aliphatic rings. The highest BCUT2D eigenvalue weighted by Crippen LogP contribution is 2.55. The lowest BCUT2D eigenvalue weighted by atomic mass is 9.60. The average Bonchev–Trinajstić information content (AvgIpc) is 3.16. The molecule has 0 bridgehead atoms. The summed E-state index contributed by atoms with van der Waals surface area (Å²) in [4.78, 5) is 9.02. The van der Waals surface area contributed by atoms with Gasteiger partial charge in [-0.05, 0) is 26.2 Å². The number of nitrogens with zero attached hydrogens (tertiary/aromatic N) is 4. The second kappa shape index (κ2) is 5.33. The Bertz CT molecular complexity index is 721. The molecule has 2 fully saturated rings. The van der Waals surface area contributed by atoms with Crippen molar-refractivity contribution in [3.63, 3.8) is 0 Å². The molecule has 0 amide bonds. The summed E-state index contributed by atoms with van der Waals surface area (Å²) < 4.78 is 7.69. The van der Waals surface area contributed by atoms with Crippen molar-refractivity contribution in [2.75, 3.05) is 17.7 Å². The van der Waals surface area contributed by atoms with Gasteiger partial charge in [0.2, 0.25) is 5.95 Å².